The molecule has 0 unspecified atom stereocenters. The lowest BCUT2D eigenvalue weighted by Gasteiger charge is -2.40. The van der Waals surface area contributed by atoms with Gasteiger partial charge in [-0.2, -0.15) is 0 Å². The van der Waals surface area contributed by atoms with E-state index in [1.54, 1.807) is 35.2 Å². The van der Waals surface area contributed by atoms with Crippen LogP contribution in [0.4, 0.5) is 0 Å². The fraction of sp³-hybridized carbons (Fsp3) is 0.522. The molecule has 0 aliphatic carbocycles. The molecule has 0 saturated carbocycles. The number of nitrogens with zero attached hydrogens (tertiary/aromatic N) is 1. The largest absolute Gasteiger partial charge is 0.465 e. The minimum Gasteiger partial charge on any atom is -0.465 e. The van der Waals surface area contributed by atoms with E-state index in [9.17, 15) is 14.4 Å². The molecule has 1 aromatic rings. The molecule has 2 amide bonds. The van der Waals surface area contributed by atoms with Gasteiger partial charge in [0.05, 0.1) is 12.7 Å². The van der Waals surface area contributed by atoms with Crippen LogP contribution in [-0.2, 0) is 14.3 Å². The number of ether oxygens (including phenoxy) is 1. The Bertz CT molecular complexity index is 753. The Labute approximate surface area is 173 Å². The van der Waals surface area contributed by atoms with Gasteiger partial charge in [-0.05, 0) is 48.4 Å². The van der Waals surface area contributed by atoms with E-state index in [4.69, 9.17) is 0 Å². The predicted molar refractivity (Wildman–Crippen MR) is 113 cm³/mol. The van der Waals surface area contributed by atoms with E-state index in [-0.39, 0.29) is 17.9 Å². The average molecular weight is 401 g/mol. The van der Waals surface area contributed by atoms with Crippen molar-refractivity contribution in [1.82, 2.24) is 10.2 Å². The number of esters is 1. The summed E-state index contributed by atoms with van der Waals surface area (Å²) in [6.45, 7) is 8.84. The topological polar surface area (TPSA) is 75.7 Å². The van der Waals surface area contributed by atoms with E-state index in [0.717, 1.165) is 12.0 Å². The second-order valence-electron chi connectivity index (χ2n) is 8.42. The van der Waals surface area contributed by atoms with Gasteiger partial charge in [-0.3, -0.25) is 9.59 Å². The molecule has 0 spiro atoms. The van der Waals surface area contributed by atoms with Gasteiger partial charge in [0.2, 0.25) is 11.8 Å². The number of piperazine rings is 1. The number of carbonyl (C=O) groups is 3. The maximum Gasteiger partial charge on any atom is 0.337 e. The van der Waals surface area contributed by atoms with Crippen LogP contribution < -0.4 is 5.32 Å². The van der Waals surface area contributed by atoms with Gasteiger partial charge in [-0.25, -0.2) is 4.79 Å². The minimum absolute atomic E-state index is 0.0254. The molecule has 1 heterocycles. The second kappa shape index (κ2) is 10.2. The smallest absolute Gasteiger partial charge is 0.337 e. The second-order valence-corrected chi connectivity index (χ2v) is 8.42. The Balaban J connectivity index is 2.15. The van der Waals surface area contributed by atoms with Crippen LogP contribution in [0.3, 0.4) is 0 Å². The first-order valence-corrected chi connectivity index (χ1v) is 10.2. The van der Waals surface area contributed by atoms with Gasteiger partial charge in [0, 0.05) is 18.7 Å². The van der Waals surface area contributed by atoms with Crippen molar-refractivity contribution in [2.45, 2.75) is 52.6 Å². The maximum atomic E-state index is 12.9. The third-order valence-electron chi connectivity index (χ3n) is 4.93. The summed E-state index contributed by atoms with van der Waals surface area (Å²) in [6, 6.07) is 6.35. The van der Waals surface area contributed by atoms with E-state index < -0.39 is 12.0 Å². The Morgan fingerprint density at radius 1 is 1.14 bits per heavy atom. The summed E-state index contributed by atoms with van der Waals surface area (Å²) in [5.74, 6) is 0.0973. The molecule has 1 aliphatic rings. The first kappa shape index (κ1) is 22.7. The zero-order valence-electron chi connectivity index (χ0n) is 18.0. The molecule has 1 aliphatic heterocycles. The minimum atomic E-state index is -0.447. The quantitative estimate of drug-likeness (QED) is 0.563. The van der Waals surface area contributed by atoms with Crippen LogP contribution in [-0.4, -0.2) is 48.4 Å². The summed E-state index contributed by atoms with van der Waals surface area (Å²) >= 11 is 0. The van der Waals surface area contributed by atoms with Crippen LogP contribution in [0.5, 0.6) is 0 Å². The number of methoxy groups -OCH3 is 1. The summed E-state index contributed by atoms with van der Waals surface area (Å²) in [5, 5.41) is 3.08. The third-order valence-corrected chi connectivity index (χ3v) is 4.93. The summed E-state index contributed by atoms with van der Waals surface area (Å²) in [7, 11) is 1.34. The molecule has 158 valence electrons. The van der Waals surface area contributed by atoms with Crippen molar-refractivity contribution < 1.29 is 19.1 Å². The Morgan fingerprint density at radius 2 is 1.76 bits per heavy atom. The molecule has 29 heavy (non-hydrogen) atoms. The number of nitrogens with one attached hydrogen (secondary N) is 1. The van der Waals surface area contributed by atoms with Gasteiger partial charge in [0.25, 0.3) is 0 Å². The number of hydrogen-bond donors (Lipinski definition) is 1. The van der Waals surface area contributed by atoms with E-state index in [2.05, 4.69) is 37.7 Å². The number of benzene rings is 1. The average Bonchev–Trinajstić information content (AvgIpc) is 2.67. The van der Waals surface area contributed by atoms with Crippen molar-refractivity contribution in [2.24, 2.45) is 11.8 Å². The fourth-order valence-electron chi connectivity index (χ4n) is 3.59. The lowest BCUT2D eigenvalue weighted by molar-refractivity contribution is -0.142. The molecular weight excluding hydrogens is 368 g/mol. The number of rotatable bonds is 7. The van der Waals surface area contributed by atoms with Gasteiger partial charge in [-0.1, -0.05) is 39.8 Å². The zero-order valence-corrected chi connectivity index (χ0v) is 18.0. The normalized spacial score (nSPS) is 19.7. The highest BCUT2D eigenvalue weighted by atomic mass is 16.5. The summed E-state index contributed by atoms with van der Waals surface area (Å²) in [6.07, 6.45) is 4.68. The summed E-state index contributed by atoms with van der Waals surface area (Å²) in [4.78, 5) is 38.8. The standard InChI is InChI=1S/C23H32N2O4/c1-15(2)12-19-14-25(20(13-16(3)4)22(27)24-19)21(26)11-8-17-6-9-18(10-7-17)23(28)29-5/h6-11,15-16,19-20H,12-14H2,1-5H3,(H,24,27)/t19-,20-/m0/s1. The van der Waals surface area contributed by atoms with Crippen LogP contribution >= 0.6 is 0 Å². The summed E-state index contributed by atoms with van der Waals surface area (Å²) in [5.41, 5.74) is 1.25. The molecule has 0 aromatic heterocycles. The first-order valence-electron chi connectivity index (χ1n) is 10.2. The SMILES string of the molecule is COC(=O)c1ccc(C=CC(=O)N2C[C@H](CC(C)C)NC(=O)[C@@H]2CC(C)C)cc1. The molecule has 6 nitrogen and oxygen atoms in total. The molecular formula is C23H32N2O4. The van der Waals surface area contributed by atoms with Crippen LogP contribution in [0.25, 0.3) is 6.08 Å². The Morgan fingerprint density at radius 3 is 2.31 bits per heavy atom. The summed E-state index contributed by atoms with van der Waals surface area (Å²) < 4.78 is 4.69. The highest BCUT2D eigenvalue weighted by molar-refractivity contribution is 5.96. The third kappa shape index (κ3) is 6.44. The molecule has 1 aromatic carbocycles. The predicted octanol–water partition coefficient (Wildman–Crippen LogP) is 3.27. The van der Waals surface area contributed by atoms with Crippen LogP contribution in [0.1, 0.15) is 56.5 Å². The molecule has 0 bridgehead atoms. The van der Waals surface area contributed by atoms with Gasteiger partial charge in [-0.15, -0.1) is 0 Å². The van der Waals surface area contributed by atoms with Gasteiger partial charge in [0.15, 0.2) is 0 Å². The lowest BCUT2D eigenvalue weighted by atomic mass is 9.95. The molecule has 0 radical (unpaired) electrons. The Kier molecular flexibility index (Phi) is 8.00. The molecule has 2 atom stereocenters. The maximum absolute atomic E-state index is 12.9. The van der Waals surface area contributed by atoms with Crippen molar-refractivity contribution in [3.05, 3.63) is 41.5 Å². The van der Waals surface area contributed by atoms with Crippen molar-refractivity contribution in [2.75, 3.05) is 13.7 Å². The molecule has 2 rings (SSSR count). The molecule has 1 N–H and O–H groups in total. The van der Waals surface area contributed by atoms with Gasteiger partial charge >= 0.3 is 5.97 Å². The number of amides is 2. The van der Waals surface area contributed by atoms with E-state index in [0.29, 0.717) is 30.4 Å². The van der Waals surface area contributed by atoms with E-state index >= 15 is 0 Å². The van der Waals surface area contributed by atoms with Crippen molar-refractivity contribution in [1.29, 1.82) is 0 Å². The zero-order chi connectivity index (χ0) is 21.6. The highest BCUT2D eigenvalue weighted by Crippen LogP contribution is 2.20. The van der Waals surface area contributed by atoms with Gasteiger partial charge < -0.3 is 15.0 Å². The van der Waals surface area contributed by atoms with Gasteiger partial charge in [0.1, 0.15) is 6.04 Å². The molecule has 6 heteroatoms. The van der Waals surface area contributed by atoms with Crippen LogP contribution in [0.2, 0.25) is 0 Å². The van der Waals surface area contributed by atoms with Crippen molar-refractivity contribution in [3.63, 3.8) is 0 Å². The van der Waals surface area contributed by atoms with Crippen LogP contribution in [0, 0.1) is 11.8 Å². The van der Waals surface area contributed by atoms with Crippen molar-refractivity contribution >= 4 is 23.9 Å². The van der Waals surface area contributed by atoms with E-state index in [1.165, 1.54) is 13.2 Å². The number of hydrogen-bond acceptors (Lipinski definition) is 4. The molecule has 1 saturated heterocycles. The van der Waals surface area contributed by atoms with E-state index in [1.807, 2.05) is 0 Å². The molecule has 1 fully saturated rings. The van der Waals surface area contributed by atoms with Crippen molar-refractivity contribution in [3.8, 4) is 0 Å². The Hall–Kier alpha value is -2.63. The highest BCUT2D eigenvalue weighted by Gasteiger charge is 2.36. The lowest BCUT2D eigenvalue weighted by Crippen LogP contribution is -2.61. The monoisotopic (exact) mass is 400 g/mol. The van der Waals surface area contributed by atoms with Crippen LogP contribution in [0.15, 0.2) is 30.3 Å². The number of carbonyl (C=O) groups excluding carboxylic acids is 3. The fourth-order valence-corrected chi connectivity index (χ4v) is 3.59. The first-order chi connectivity index (χ1) is 13.7.